The van der Waals surface area contributed by atoms with Crippen LogP contribution in [0.1, 0.15) is 25.3 Å². The lowest BCUT2D eigenvalue weighted by molar-refractivity contribution is -0.384. The van der Waals surface area contributed by atoms with Crippen molar-refractivity contribution in [2.45, 2.75) is 19.8 Å². The lowest BCUT2D eigenvalue weighted by Crippen LogP contribution is -2.31. The van der Waals surface area contributed by atoms with Gasteiger partial charge in [-0.15, -0.1) is 0 Å². The van der Waals surface area contributed by atoms with Crippen LogP contribution in [0.2, 0.25) is 0 Å². The monoisotopic (exact) mass is 385 g/mol. The number of hydrogen-bond donors (Lipinski definition) is 3. The van der Waals surface area contributed by atoms with Crippen molar-refractivity contribution in [2.24, 2.45) is 5.41 Å². The van der Waals surface area contributed by atoms with E-state index in [1.54, 1.807) is 0 Å². The molecule has 148 valence electrons. The molecule has 0 bridgehead atoms. The Morgan fingerprint density at radius 1 is 1.32 bits per heavy atom. The highest BCUT2D eigenvalue weighted by atomic mass is 16.6. The molecule has 2 aromatic rings. The van der Waals surface area contributed by atoms with Crippen molar-refractivity contribution in [1.82, 2.24) is 0 Å². The molecule has 1 amide bonds. The summed E-state index contributed by atoms with van der Waals surface area (Å²) in [6.07, 6.45) is 0. The number of anilines is 2. The van der Waals surface area contributed by atoms with Crippen molar-refractivity contribution in [2.75, 3.05) is 30.4 Å². The molecule has 1 aliphatic heterocycles. The lowest BCUT2D eigenvalue weighted by atomic mass is 9.75. The van der Waals surface area contributed by atoms with Gasteiger partial charge in [-0.05, 0) is 17.0 Å². The molecule has 1 atom stereocenters. The first-order chi connectivity index (χ1) is 13.3. The van der Waals surface area contributed by atoms with E-state index in [0.717, 1.165) is 5.56 Å². The quantitative estimate of drug-likeness (QED) is 0.498. The summed E-state index contributed by atoms with van der Waals surface area (Å²) in [5, 5.41) is 27.2. The van der Waals surface area contributed by atoms with Crippen LogP contribution < -0.4 is 15.4 Å². The minimum absolute atomic E-state index is 0.0373. The van der Waals surface area contributed by atoms with Crippen molar-refractivity contribution in [3.8, 4) is 5.75 Å². The van der Waals surface area contributed by atoms with Crippen LogP contribution in [0.25, 0.3) is 0 Å². The maximum Gasteiger partial charge on any atom is 0.296 e. The van der Waals surface area contributed by atoms with Gasteiger partial charge in [-0.1, -0.05) is 44.2 Å². The number of amides is 1. The first-order valence-electron chi connectivity index (χ1n) is 8.96. The molecular weight excluding hydrogens is 362 g/mol. The normalized spacial score (nSPS) is 14.5. The van der Waals surface area contributed by atoms with Crippen LogP contribution >= 0.6 is 0 Å². The van der Waals surface area contributed by atoms with E-state index in [1.165, 1.54) is 12.1 Å². The van der Waals surface area contributed by atoms with Crippen LogP contribution in [0, 0.1) is 15.5 Å². The summed E-state index contributed by atoms with van der Waals surface area (Å²) in [5.74, 6) is -0.136. The van der Waals surface area contributed by atoms with Crippen molar-refractivity contribution >= 4 is 23.0 Å². The fourth-order valence-corrected chi connectivity index (χ4v) is 3.26. The van der Waals surface area contributed by atoms with Crippen molar-refractivity contribution < 1.29 is 19.6 Å². The highest BCUT2D eigenvalue weighted by molar-refractivity contribution is 5.96. The molecule has 3 N–H and O–H groups in total. The van der Waals surface area contributed by atoms with Crippen LogP contribution in [-0.4, -0.2) is 35.7 Å². The van der Waals surface area contributed by atoms with Gasteiger partial charge in [-0.3, -0.25) is 14.9 Å². The highest BCUT2D eigenvalue weighted by Crippen LogP contribution is 2.40. The largest absolute Gasteiger partial charge is 0.481 e. The summed E-state index contributed by atoms with van der Waals surface area (Å²) in [7, 11) is 0. The molecule has 28 heavy (non-hydrogen) atoms. The Morgan fingerprint density at radius 3 is 2.68 bits per heavy atom. The fourth-order valence-electron chi connectivity index (χ4n) is 3.26. The Morgan fingerprint density at radius 2 is 2.04 bits per heavy atom. The average Bonchev–Trinajstić information content (AvgIpc) is 2.68. The zero-order chi connectivity index (χ0) is 20.3. The number of rotatable bonds is 7. The van der Waals surface area contributed by atoms with Crippen LogP contribution in [0.15, 0.2) is 42.5 Å². The van der Waals surface area contributed by atoms with Gasteiger partial charge in [-0.2, -0.15) is 0 Å². The lowest BCUT2D eigenvalue weighted by Gasteiger charge is -2.33. The van der Waals surface area contributed by atoms with Gasteiger partial charge >= 0.3 is 0 Å². The molecule has 0 saturated carbocycles. The van der Waals surface area contributed by atoms with E-state index in [2.05, 4.69) is 10.6 Å². The van der Waals surface area contributed by atoms with E-state index < -0.39 is 10.3 Å². The Hall–Kier alpha value is -3.13. The van der Waals surface area contributed by atoms with Gasteiger partial charge in [-0.25, -0.2) is 0 Å². The van der Waals surface area contributed by atoms with Gasteiger partial charge < -0.3 is 20.5 Å². The molecule has 1 aliphatic rings. The van der Waals surface area contributed by atoms with E-state index in [0.29, 0.717) is 12.2 Å². The molecule has 0 aliphatic carbocycles. The summed E-state index contributed by atoms with van der Waals surface area (Å²) in [6, 6.07) is 12.5. The number of nitrogens with zero attached hydrogens (tertiary/aromatic N) is 1. The number of carbonyl (C=O) groups excluding carboxylic acids is 1. The van der Waals surface area contributed by atoms with Crippen molar-refractivity contribution in [3.05, 3.63) is 58.1 Å². The first-order valence-corrected chi connectivity index (χ1v) is 8.96. The van der Waals surface area contributed by atoms with Gasteiger partial charge in [0.1, 0.15) is 5.69 Å². The number of nitro groups is 1. The van der Waals surface area contributed by atoms with Gasteiger partial charge in [0.2, 0.25) is 0 Å². The molecule has 1 unspecified atom stereocenters. The Labute approximate surface area is 162 Å². The molecule has 0 aromatic heterocycles. The predicted octanol–water partition coefficient (Wildman–Crippen LogP) is 3.14. The molecule has 1 heterocycles. The van der Waals surface area contributed by atoms with Gasteiger partial charge in [0, 0.05) is 19.1 Å². The van der Waals surface area contributed by atoms with Crippen LogP contribution in [-0.2, 0) is 4.79 Å². The Kier molecular flexibility index (Phi) is 5.51. The smallest absolute Gasteiger partial charge is 0.296 e. The van der Waals surface area contributed by atoms with Crippen LogP contribution in [0.5, 0.6) is 5.75 Å². The molecule has 0 saturated heterocycles. The number of hydrogen-bond acceptors (Lipinski definition) is 6. The maximum absolute atomic E-state index is 11.6. The molecular formula is C20H23N3O5. The highest BCUT2D eigenvalue weighted by Gasteiger charge is 2.31. The third kappa shape index (κ3) is 4.07. The van der Waals surface area contributed by atoms with E-state index in [1.807, 2.05) is 44.2 Å². The van der Waals surface area contributed by atoms with Crippen molar-refractivity contribution in [1.29, 1.82) is 0 Å². The molecule has 0 spiro atoms. The zero-order valence-corrected chi connectivity index (χ0v) is 15.8. The summed E-state index contributed by atoms with van der Waals surface area (Å²) >= 11 is 0. The van der Waals surface area contributed by atoms with E-state index in [-0.39, 0.29) is 42.2 Å². The fraction of sp³-hybridized carbons (Fsp3) is 0.350. The first kappa shape index (κ1) is 19.6. The van der Waals surface area contributed by atoms with Gasteiger partial charge in [0.05, 0.1) is 16.7 Å². The minimum atomic E-state index is -0.489. The number of benzene rings is 2. The second kappa shape index (κ2) is 7.85. The van der Waals surface area contributed by atoms with Gasteiger partial charge in [0.15, 0.2) is 12.4 Å². The summed E-state index contributed by atoms with van der Waals surface area (Å²) < 4.78 is 5.27. The number of aliphatic hydroxyl groups is 1. The molecule has 8 heteroatoms. The van der Waals surface area contributed by atoms with E-state index >= 15 is 0 Å². The van der Waals surface area contributed by atoms with Crippen LogP contribution in [0.4, 0.5) is 17.1 Å². The molecule has 8 nitrogen and oxygen atoms in total. The average molecular weight is 385 g/mol. The molecule has 0 radical (unpaired) electrons. The number of aliphatic hydroxyl groups excluding tert-OH is 1. The third-order valence-corrected chi connectivity index (χ3v) is 4.98. The minimum Gasteiger partial charge on any atom is -0.481 e. The second-order valence-corrected chi connectivity index (χ2v) is 7.45. The van der Waals surface area contributed by atoms with E-state index in [4.69, 9.17) is 4.74 Å². The Balaban J connectivity index is 1.92. The van der Waals surface area contributed by atoms with Crippen molar-refractivity contribution in [3.63, 3.8) is 0 Å². The molecule has 2 aromatic carbocycles. The third-order valence-electron chi connectivity index (χ3n) is 4.98. The number of nitrogens with one attached hydrogen (secondary N) is 2. The second-order valence-electron chi connectivity index (χ2n) is 7.45. The Bertz CT molecular complexity index is 883. The maximum atomic E-state index is 11.6. The number of nitro benzene ring substituents is 1. The van der Waals surface area contributed by atoms with E-state index in [9.17, 15) is 20.0 Å². The SMILES string of the molecule is CC(C)(CO)C(CNc1cc2c(cc1[N+](=O)[O-])OCC(=O)N2)c1ccccc1. The predicted molar refractivity (Wildman–Crippen MR) is 106 cm³/mol. The zero-order valence-electron chi connectivity index (χ0n) is 15.8. The molecule has 0 fully saturated rings. The summed E-state index contributed by atoms with van der Waals surface area (Å²) in [5.41, 5.74) is 1.11. The van der Waals surface area contributed by atoms with Crippen LogP contribution in [0.3, 0.4) is 0 Å². The number of carbonyl (C=O) groups is 1. The molecule has 3 rings (SSSR count). The summed E-state index contributed by atoms with van der Waals surface area (Å²) in [4.78, 5) is 22.6. The topological polar surface area (TPSA) is 114 Å². The summed E-state index contributed by atoms with van der Waals surface area (Å²) in [6.45, 7) is 4.05. The van der Waals surface area contributed by atoms with Gasteiger partial charge in [0.25, 0.3) is 11.6 Å². The number of ether oxygens (including phenoxy) is 1. The standard InChI is InChI=1S/C20H23N3O5/c1-20(2,12-24)14(13-6-4-3-5-7-13)10-21-15-8-16-18(9-17(15)23(26)27)28-11-19(25)22-16/h3-9,14,21,24H,10-12H2,1-2H3,(H,22,25). The number of fused-ring (bicyclic) bond motifs is 1.